The first kappa shape index (κ1) is 20.3. The third kappa shape index (κ3) is 4.99. The molecule has 0 atom stereocenters. The van der Waals surface area contributed by atoms with Crippen LogP contribution in [0.25, 0.3) is 0 Å². The minimum absolute atomic E-state index is 0.165. The number of methoxy groups -OCH3 is 1. The SMILES string of the molecule is COc1ccc(NC(=O)C(C)(C)C(=O)Nc2ccc(C(F)(F)F)cc2)cc1. The second-order valence-electron chi connectivity index (χ2n) is 6.34. The van der Waals surface area contributed by atoms with Gasteiger partial charge in [0.2, 0.25) is 11.8 Å². The topological polar surface area (TPSA) is 67.4 Å². The maximum atomic E-state index is 12.6. The van der Waals surface area contributed by atoms with Crippen LogP contribution in [0.2, 0.25) is 0 Å². The van der Waals surface area contributed by atoms with Gasteiger partial charge in [-0.3, -0.25) is 9.59 Å². The van der Waals surface area contributed by atoms with Gasteiger partial charge in [0, 0.05) is 11.4 Å². The van der Waals surface area contributed by atoms with Gasteiger partial charge >= 0.3 is 6.18 Å². The maximum Gasteiger partial charge on any atom is 0.416 e. The Hall–Kier alpha value is -3.03. The Labute approximate surface area is 154 Å². The number of hydrogen-bond donors (Lipinski definition) is 2. The summed E-state index contributed by atoms with van der Waals surface area (Å²) in [5.74, 6) is -0.586. The van der Waals surface area contributed by atoms with E-state index in [1.165, 1.54) is 21.0 Å². The second kappa shape index (κ2) is 7.69. The highest BCUT2D eigenvalue weighted by atomic mass is 19.4. The number of amides is 2. The summed E-state index contributed by atoms with van der Waals surface area (Å²) in [5, 5.41) is 5.08. The highest BCUT2D eigenvalue weighted by Gasteiger charge is 2.36. The van der Waals surface area contributed by atoms with Gasteiger partial charge in [0.25, 0.3) is 0 Å². The molecule has 0 unspecified atom stereocenters. The number of rotatable bonds is 5. The van der Waals surface area contributed by atoms with Gasteiger partial charge in [-0.1, -0.05) is 0 Å². The average molecular weight is 380 g/mol. The van der Waals surface area contributed by atoms with Crippen molar-refractivity contribution < 1.29 is 27.5 Å². The largest absolute Gasteiger partial charge is 0.497 e. The molecule has 0 heterocycles. The van der Waals surface area contributed by atoms with E-state index in [9.17, 15) is 22.8 Å². The summed E-state index contributed by atoms with van der Waals surface area (Å²) in [4.78, 5) is 24.9. The van der Waals surface area contributed by atoms with Crippen molar-refractivity contribution in [3.8, 4) is 5.75 Å². The van der Waals surface area contributed by atoms with Crippen LogP contribution in [-0.4, -0.2) is 18.9 Å². The summed E-state index contributed by atoms with van der Waals surface area (Å²) < 4.78 is 42.8. The number of halogens is 3. The molecule has 0 saturated carbocycles. The number of ether oxygens (including phenoxy) is 1. The zero-order chi connectivity index (χ0) is 20.2. The molecule has 0 fully saturated rings. The van der Waals surface area contributed by atoms with Crippen LogP contribution in [0.3, 0.4) is 0 Å². The Bertz CT molecular complexity index is 814. The van der Waals surface area contributed by atoms with Crippen LogP contribution in [0.5, 0.6) is 5.75 Å². The van der Waals surface area contributed by atoms with Gasteiger partial charge in [-0.25, -0.2) is 0 Å². The number of nitrogens with one attached hydrogen (secondary N) is 2. The number of benzene rings is 2. The Morgan fingerprint density at radius 1 is 0.815 bits per heavy atom. The van der Waals surface area contributed by atoms with Crippen molar-refractivity contribution >= 4 is 23.2 Å². The summed E-state index contributed by atoms with van der Waals surface area (Å²) in [7, 11) is 1.52. The lowest BCUT2D eigenvalue weighted by atomic mass is 9.90. The summed E-state index contributed by atoms with van der Waals surface area (Å²) in [5.41, 5.74) is -1.63. The molecule has 0 bridgehead atoms. The second-order valence-corrected chi connectivity index (χ2v) is 6.34. The van der Waals surface area contributed by atoms with Crippen molar-refractivity contribution in [2.45, 2.75) is 20.0 Å². The third-order valence-corrected chi connectivity index (χ3v) is 3.95. The van der Waals surface area contributed by atoms with E-state index >= 15 is 0 Å². The van der Waals surface area contributed by atoms with Gasteiger partial charge in [0.15, 0.2) is 0 Å². The van der Waals surface area contributed by atoms with Crippen molar-refractivity contribution in [2.24, 2.45) is 5.41 Å². The van der Waals surface area contributed by atoms with Gasteiger partial charge in [-0.2, -0.15) is 13.2 Å². The van der Waals surface area contributed by atoms with Crippen LogP contribution in [0.4, 0.5) is 24.5 Å². The van der Waals surface area contributed by atoms with E-state index in [1.54, 1.807) is 24.3 Å². The molecule has 2 aromatic rings. The molecule has 2 amide bonds. The molecule has 8 heteroatoms. The lowest BCUT2D eigenvalue weighted by Gasteiger charge is -2.23. The van der Waals surface area contributed by atoms with Crippen LogP contribution in [-0.2, 0) is 15.8 Å². The highest BCUT2D eigenvalue weighted by Crippen LogP contribution is 2.30. The molecule has 2 rings (SSSR count). The number of hydrogen-bond acceptors (Lipinski definition) is 3. The minimum atomic E-state index is -4.46. The van der Waals surface area contributed by atoms with Crippen LogP contribution in [0.15, 0.2) is 48.5 Å². The lowest BCUT2D eigenvalue weighted by Crippen LogP contribution is -2.41. The molecule has 0 spiro atoms. The van der Waals surface area contributed by atoms with Crippen molar-refractivity contribution in [3.63, 3.8) is 0 Å². The quantitative estimate of drug-likeness (QED) is 0.760. The van der Waals surface area contributed by atoms with E-state index in [1.807, 2.05) is 0 Å². The molecule has 5 nitrogen and oxygen atoms in total. The van der Waals surface area contributed by atoms with Gasteiger partial charge < -0.3 is 15.4 Å². The smallest absolute Gasteiger partial charge is 0.416 e. The fraction of sp³-hybridized carbons (Fsp3) is 0.263. The standard InChI is InChI=1S/C19H19F3N2O3/c1-18(2,17(26)24-14-8-10-15(27-3)11-9-14)16(25)23-13-6-4-12(5-7-13)19(20,21)22/h4-11H,1-3H3,(H,23,25)(H,24,26). The first-order valence-electron chi connectivity index (χ1n) is 7.98. The van der Waals surface area contributed by atoms with Gasteiger partial charge in [0.1, 0.15) is 11.2 Å². The molecular formula is C19H19F3N2O3. The number of carbonyl (C=O) groups is 2. The number of anilines is 2. The molecule has 2 aromatic carbocycles. The molecule has 0 aliphatic rings. The highest BCUT2D eigenvalue weighted by molar-refractivity contribution is 6.14. The predicted octanol–water partition coefficient (Wildman–Crippen LogP) is 4.32. The third-order valence-electron chi connectivity index (χ3n) is 3.95. The average Bonchev–Trinajstić information content (AvgIpc) is 2.62. The summed E-state index contributed by atoms with van der Waals surface area (Å²) in [6.45, 7) is 2.84. The van der Waals surface area contributed by atoms with Crippen molar-refractivity contribution in [3.05, 3.63) is 54.1 Å². The van der Waals surface area contributed by atoms with Crippen molar-refractivity contribution in [2.75, 3.05) is 17.7 Å². The Kier molecular flexibility index (Phi) is 5.78. The van der Waals surface area contributed by atoms with Crippen LogP contribution in [0.1, 0.15) is 19.4 Å². The Morgan fingerprint density at radius 2 is 1.22 bits per heavy atom. The molecule has 144 valence electrons. The van der Waals surface area contributed by atoms with E-state index in [2.05, 4.69) is 10.6 Å². The fourth-order valence-corrected chi connectivity index (χ4v) is 2.09. The van der Waals surface area contributed by atoms with Crippen LogP contribution < -0.4 is 15.4 Å². The number of alkyl halides is 3. The summed E-state index contributed by atoms with van der Waals surface area (Å²) >= 11 is 0. The van der Waals surface area contributed by atoms with E-state index in [4.69, 9.17) is 4.74 Å². The molecular weight excluding hydrogens is 361 g/mol. The van der Waals surface area contributed by atoms with E-state index in [0.717, 1.165) is 24.3 Å². The minimum Gasteiger partial charge on any atom is -0.497 e. The van der Waals surface area contributed by atoms with E-state index in [0.29, 0.717) is 11.4 Å². The van der Waals surface area contributed by atoms with Crippen molar-refractivity contribution in [1.29, 1.82) is 0 Å². The van der Waals surface area contributed by atoms with E-state index in [-0.39, 0.29) is 5.69 Å². The molecule has 0 aliphatic carbocycles. The first-order valence-corrected chi connectivity index (χ1v) is 7.98. The maximum absolute atomic E-state index is 12.6. The molecule has 0 radical (unpaired) electrons. The molecule has 0 saturated heterocycles. The van der Waals surface area contributed by atoms with Crippen LogP contribution in [0, 0.1) is 5.41 Å². The predicted molar refractivity (Wildman–Crippen MR) is 95.5 cm³/mol. The Balaban J connectivity index is 2.05. The van der Waals surface area contributed by atoms with Crippen LogP contribution >= 0.6 is 0 Å². The van der Waals surface area contributed by atoms with Gasteiger partial charge in [-0.05, 0) is 62.4 Å². The van der Waals surface area contributed by atoms with Gasteiger partial charge in [-0.15, -0.1) is 0 Å². The summed E-state index contributed by atoms with van der Waals surface area (Å²) in [6, 6.07) is 10.6. The van der Waals surface area contributed by atoms with Crippen molar-refractivity contribution in [1.82, 2.24) is 0 Å². The van der Waals surface area contributed by atoms with E-state index < -0.39 is 29.0 Å². The lowest BCUT2D eigenvalue weighted by molar-refractivity contribution is -0.137. The number of carbonyl (C=O) groups excluding carboxylic acids is 2. The fourth-order valence-electron chi connectivity index (χ4n) is 2.09. The zero-order valence-corrected chi connectivity index (χ0v) is 15.0. The monoisotopic (exact) mass is 380 g/mol. The summed E-state index contributed by atoms with van der Waals surface area (Å²) in [6.07, 6.45) is -4.46. The molecule has 27 heavy (non-hydrogen) atoms. The molecule has 0 aliphatic heterocycles. The Morgan fingerprint density at radius 3 is 1.59 bits per heavy atom. The zero-order valence-electron chi connectivity index (χ0n) is 15.0. The first-order chi connectivity index (χ1) is 12.5. The normalized spacial score (nSPS) is 11.6. The molecule has 2 N–H and O–H groups in total. The van der Waals surface area contributed by atoms with Gasteiger partial charge in [0.05, 0.1) is 12.7 Å². The molecule has 0 aromatic heterocycles.